The summed E-state index contributed by atoms with van der Waals surface area (Å²) < 4.78 is 0. The van der Waals surface area contributed by atoms with Gasteiger partial charge in [-0.2, -0.15) is 0 Å². The summed E-state index contributed by atoms with van der Waals surface area (Å²) in [6.07, 6.45) is 7.95. The van der Waals surface area contributed by atoms with Crippen LogP contribution in [0.5, 0.6) is 0 Å². The maximum absolute atomic E-state index is 14.1. The molecule has 0 saturated heterocycles. The number of hydrogen-bond acceptors (Lipinski definition) is 4. The summed E-state index contributed by atoms with van der Waals surface area (Å²) in [5, 5.41) is 3.63. The predicted molar refractivity (Wildman–Crippen MR) is 158 cm³/mol. The Morgan fingerprint density at radius 2 is 1.67 bits per heavy atom. The number of aromatic nitrogens is 1. The lowest BCUT2D eigenvalue weighted by Gasteiger charge is -2.35. The quantitative estimate of drug-likeness (QED) is 0.335. The van der Waals surface area contributed by atoms with Crippen LogP contribution in [0.15, 0.2) is 84.3 Å². The highest BCUT2D eigenvalue weighted by Gasteiger charge is 2.41. The van der Waals surface area contributed by atoms with Gasteiger partial charge in [-0.1, -0.05) is 76.9 Å². The first-order valence-electron chi connectivity index (χ1n) is 14.2. The zero-order chi connectivity index (χ0) is 27.6. The molecule has 39 heavy (non-hydrogen) atoms. The second kappa shape index (κ2) is 11.2. The standard InChI is InChI=1S/C34H39N3O2/c1-5-6-7-12-31(39)37-29-11-9-8-10-27(29)36-28-21-25(23-13-15-26(16-14-23)34(2,3)4)22-30(38)32(28)33(37)24-17-19-35-20-18-24/h8-11,13-20,25,33,36H,5-7,12,21-22H2,1-4H3/t25-,33+/m0/s1. The van der Waals surface area contributed by atoms with E-state index in [1.165, 1.54) is 11.1 Å². The molecule has 3 aromatic rings. The smallest absolute Gasteiger partial charge is 0.227 e. The van der Waals surface area contributed by atoms with Gasteiger partial charge in [0.05, 0.1) is 17.4 Å². The molecule has 5 rings (SSSR count). The number of fused-ring (bicyclic) bond motifs is 1. The Balaban J connectivity index is 1.60. The Bertz CT molecular complexity index is 1370. The number of hydrogen-bond donors (Lipinski definition) is 1. The molecule has 0 bridgehead atoms. The summed E-state index contributed by atoms with van der Waals surface area (Å²) in [6.45, 7) is 8.78. The summed E-state index contributed by atoms with van der Waals surface area (Å²) in [5.41, 5.74) is 6.73. The van der Waals surface area contributed by atoms with E-state index < -0.39 is 6.04 Å². The van der Waals surface area contributed by atoms with Gasteiger partial charge in [-0.3, -0.25) is 19.5 Å². The van der Waals surface area contributed by atoms with E-state index in [1.807, 2.05) is 41.3 Å². The highest BCUT2D eigenvalue weighted by atomic mass is 16.2. The van der Waals surface area contributed by atoms with Crippen LogP contribution in [0.3, 0.4) is 0 Å². The van der Waals surface area contributed by atoms with Crippen LogP contribution in [0.2, 0.25) is 0 Å². The van der Waals surface area contributed by atoms with E-state index in [2.05, 4.69) is 62.3 Å². The van der Waals surface area contributed by atoms with Gasteiger partial charge in [-0.05, 0) is 65.1 Å². The Kier molecular flexibility index (Phi) is 7.69. The molecule has 0 unspecified atom stereocenters. The van der Waals surface area contributed by atoms with Crippen molar-refractivity contribution < 1.29 is 9.59 Å². The molecule has 1 aliphatic carbocycles. The van der Waals surface area contributed by atoms with E-state index in [0.29, 0.717) is 24.8 Å². The van der Waals surface area contributed by atoms with Crippen LogP contribution in [-0.4, -0.2) is 16.7 Å². The lowest BCUT2D eigenvalue weighted by atomic mass is 9.77. The molecular formula is C34H39N3O2. The topological polar surface area (TPSA) is 62.3 Å². The molecule has 2 aliphatic rings. The van der Waals surface area contributed by atoms with E-state index >= 15 is 0 Å². The van der Waals surface area contributed by atoms with E-state index in [1.54, 1.807) is 12.4 Å². The van der Waals surface area contributed by atoms with Crippen molar-refractivity contribution in [2.45, 2.75) is 83.6 Å². The van der Waals surface area contributed by atoms with E-state index in [-0.39, 0.29) is 23.0 Å². The van der Waals surface area contributed by atoms with Crippen molar-refractivity contribution in [2.75, 3.05) is 10.2 Å². The maximum atomic E-state index is 14.1. The molecule has 0 saturated carbocycles. The van der Waals surface area contributed by atoms with E-state index in [0.717, 1.165) is 41.9 Å². The highest BCUT2D eigenvalue weighted by Crippen LogP contribution is 2.47. The number of benzene rings is 2. The van der Waals surface area contributed by atoms with E-state index in [9.17, 15) is 9.59 Å². The molecule has 1 N–H and O–H groups in total. The normalized spacial score (nSPS) is 19.2. The van der Waals surface area contributed by atoms with Crippen LogP contribution in [0, 0.1) is 0 Å². The van der Waals surface area contributed by atoms with Crippen LogP contribution in [0.25, 0.3) is 0 Å². The van der Waals surface area contributed by atoms with Crippen molar-refractivity contribution >= 4 is 23.1 Å². The number of amides is 1. The molecule has 1 aromatic heterocycles. The summed E-state index contributed by atoms with van der Waals surface area (Å²) in [4.78, 5) is 34.1. The molecule has 0 spiro atoms. The largest absolute Gasteiger partial charge is 0.357 e. The van der Waals surface area contributed by atoms with Crippen LogP contribution >= 0.6 is 0 Å². The molecule has 2 atom stereocenters. The van der Waals surface area contributed by atoms with Crippen LogP contribution in [0.4, 0.5) is 11.4 Å². The molecule has 2 heterocycles. The third-order valence-electron chi connectivity index (χ3n) is 8.02. The fourth-order valence-electron chi connectivity index (χ4n) is 5.86. The Morgan fingerprint density at radius 1 is 0.949 bits per heavy atom. The molecule has 0 fully saturated rings. The van der Waals surface area contributed by atoms with Gasteiger partial charge in [-0.15, -0.1) is 0 Å². The number of rotatable bonds is 6. The maximum Gasteiger partial charge on any atom is 0.227 e. The number of Topliss-reactive ketones (excluding diaryl/α,β-unsaturated/α-hetero) is 1. The molecule has 202 valence electrons. The molecular weight excluding hydrogens is 482 g/mol. The van der Waals surface area contributed by atoms with Crippen LogP contribution in [0.1, 0.15) is 94.9 Å². The van der Waals surface area contributed by atoms with Crippen molar-refractivity contribution in [1.29, 1.82) is 0 Å². The number of anilines is 2. The number of nitrogens with zero attached hydrogens (tertiary/aromatic N) is 2. The molecule has 5 heteroatoms. The van der Waals surface area contributed by atoms with Gasteiger partial charge in [-0.25, -0.2) is 0 Å². The highest BCUT2D eigenvalue weighted by molar-refractivity contribution is 6.06. The number of carbonyl (C=O) groups is 2. The van der Waals surface area contributed by atoms with Crippen LogP contribution in [-0.2, 0) is 15.0 Å². The number of ketones is 1. The number of unbranched alkanes of at least 4 members (excludes halogenated alkanes) is 2. The van der Waals surface area contributed by atoms with Gasteiger partial charge in [0.15, 0.2) is 5.78 Å². The average molecular weight is 522 g/mol. The Hall–Kier alpha value is -3.73. The number of nitrogens with one attached hydrogen (secondary N) is 1. The van der Waals surface area contributed by atoms with Gasteiger partial charge in [0.2, 0.25) is 5.91 Å². The summed E-state index contributed by atoms with van der Waals surface area (Å²) in [7, 11) is 0. The number of para-hydroxylation sites is 2. The van der Waals surface area contributed by atoms with Crippen LogP contribution < -0.4 is 10.2 Å². The van der Waals surface area contributed by atoms with Crippen molar-refractivity contribution in [3.05, 3.63) is 101 Å². The lowest BCUT2D eigenvalue weighted by molar-refractivity contribution is -0.119. The summed E-state index contributed by atoms with van der Waals surface area (Å²) >= 11 is 0. The first kappa shape index (κ1) is 26.9. The summed E-state index contributed by atoms with van der Waals surface area (Å²) in [6, 6.07) is 20.0. The first-order chi connectivity index (χ1) is 18.8. The van der Waals surface area contributed by atoms with Crippen molar-refractivity contribution in [1.82, 2.24) is 4.98 Å². The average Bonchev–Trinajstić information content (AvgIpc) is 3.08. The van der Waals surface area contributed by atoms with E-state index in [4.69, 9.17) is 0 Å². The van der Waals surface area contributed by atoms with Crippen molar-refractivity contribution in [3.63, 3.8) is 0 Å². The number of allylic oxidation sites excluding steroid dienone is 1. The molecule has 0 radical (unpaired) electrons. The Morgan fingerprint density at radius 3 is 2.36 bits per heavy atom. The molecule has 2 aromatic carbocycles. The van der Waals surface area contributed by atoms with Gasteiger partial charge in [0.25, 0.3) is 0 Å². The molecule has 1 amide bonds. The minimum absolute atomic E-state index is 0.0426. The fourth-order valence-corrected chi connectivity index (χ4v) is 5.86. The van der Waals surface area contributed by atoms with Crippen molar-refractivity contribution in [2.24, 2.45) is 0 Å². The van der Waals surface area contributed by atoms with Gasteiger partial charge < -0.3 is 5.32 Å². The zero-order valence-corrected chi connectivity index (χ0v) is 23.5. The minimum Gasteiger partial charge on any atom is -0.357 e. The first-order valence-corrected chi connectivity index (χ1v) is 14.2. The minimum atomic E-state index is -0.495. The van der Waals surface area contributed by atoms with Gasteiger partial charge in [0.1, 0.15) is 0 Å². The third-order valence-corrected chi connectivity index (χ3v) is 8.02. The SMILES string of the molecule is CCCCCC(=O)N1c2ccccc2NC2=C(C(=O)C[C@@H](c3ccc(C(C)(C)C)cc3)C2)[C@H]1c1ccncc1. The second-order valence-electron chi connectivity index (χ2n) is 11.8. The number of pyridine rings is 1. The monoisotopic (exact) mass is 521 g/mol. The molecule has 5 nitrogen and oxygen atoms in total. The number of carbonyl (C=O) groups excluding carboxylic acids is 2. The second-order valence-corrected chi connectivity index (χ2v) is 11.8. The zero-order valence-electron chi connectivity index (χ0n) is 23.5. The Labute approximate surface area is 232 Å². The van der Waals surface area contributed by atoms with Gasteiger partial charge >= 0.3 is 0 Å². The molecule has 1 aliphatic heterocycles. The van der Waals surface area contributed by atoms with Gasteiger partial charge in [0, 0.05) is 36.5 Å². The van der Waals surface area contributed by atoms with Crippen molar-refractivity contribution in [3.8, 4) is 0 Å². The summed E-state index contributed by atoms with van der Waals surface area (Å²) in [5.74, 6) is 0.213. The lowest BCUT2D eigenvalue weighted by Crippen LogP contribution is -2.38. The fraction of sp³-hybridized carbons (Fsp3) is 0.382. The predicted octanol–water partition coefficient (Wildman–Crippen LogP) is 7.86. The third kappa shape index (κ3) is 5.54.